The van der Waals surface area contributed by atoms with Gasteiger partial charge in [-0.05, 0) is 51.3 Å². The van der Waals surface area contributed by atoms with E-state index in [4.69, 9.17) is 0 Å². The van der Waals surface area contributed by atoms with Gasteiger partial charge in [0.1, 0.15) is 0 Å². The van der Waals surface area contributed by atoms with E-state index in [1.165, 1.54) is 5.56 Å². The summed E-state index contributed by atoms with van der Waals surface area (Å²) in [6, 6.07) is 8.72. The second-order valence-corrected chi connectivity index (χ2v) is 6.98. The topological polar surface area (TPSA) is 20.3 Å². The maximum atomic E-state index is 12.7. The number of rotatable bonds is 5. The van der Waals surface area contributed by atoms with Gasteiger partial charge in [-0.1, -0.05) is 41.9 Å². The van der Waals surface area contributed by atoms with Crippen molar-refractivity contribution in [2.75, 3.05) is 0 Å². The maximum absolute atomic E-state index is 12.7. The number of carbonyl (C=O) groups is 1. The van der Waals surface area contributed by atoms with Crippen molar-refractivity contribution in [3.8, 4) is 0 Å². The first-order valence-electron chi connectivity index (χ1n) is 7.33. The molecular formula is C17H26BrNO. The first-order valence-corrected chi connectivity index (χ1v) is 8.12. The smallest absolute Gasteiger partial charge is 0.226 e. The van der Waals surface area contributed by atoms with Gasteiger partial charge in [-0.15, -0.1) is 0 Å². The summed E-state index contributed by atoms with van der Waals surface area (Å²) in [7, 11) is 0. The first-order chi connectivity index (χ1) is 9.25. The van der Waals surface area contributed by atoms with Gasteiger partial charge in [0.25, 0.3) is 0 Å². The third kappa shape index (κ3) is 4.08. The molecule has 0 aromatic heterocycles. The van der Waals surface area contributed by atoms with Crippen LogP contribution in [0.15, 0.2) is 28.7 Å². The van der Waals surface area contributed by atoms with Crippen LogP contribution in [0.25, 0.3) is 0 Å². The van der Waals surface area contributed by atoms with Crippen molar-refractivity contribution in [3.05, 3.63) is 34.3 Å². The van der Waals surface area contributed by atoms with Crippen LogP contribution in [0.2, 0.25) is 0 Å². The summed E-state index contributed by atoms with van der Waals surface area (Å²) in [6.45, 7) is 12.5. The average Bonchev–Trinajstić information content (AvgIpc) is 2.37. The fourth-order valence-electron chi connectivity index (χ4n) is 2.61. The van der Waals surface area contributed by atoms with Crippen LogP contribution in [-0.4, -0.2) is 22.9 Å². The maximum Gasteiger partial charge on any atom is 0.226 e. The van der Waals surface area contributed by atoms with E-state index in [1.807, 2.05) is 24.0 Å². The van der Waals surface area contributed by atoms with Crippen molar-refractivity contribution in [1.82, 2.24) is 4.90 Å². The van der Waals surface area contributed by atoms with E-state index in [0.717, 1.165) is 4.47 Å². The van der Waals surface area contributed by atoms with Gasteiger partial charge >= 0.3 is 0 Å². The molecule has 0 aliphatic carbocycles. The van der Waals surface area contributed by atoms with Gasteiger partial charge in [-0.25, -0.2) is 0 Å². The highest BCUT2D eigenvalue weighted by Gasteiger charge is 2.29. The van der Waals surface area contributed by atoms with Gasteiger partial charge in [-0.3, -0.25) is 4.79 Å². The molecule has 1 rings (SSSR count). The summed E-state index contributed by atoms with van der Waals surface area (Å²) in [6.07, 6.45) is 0. The van der Waals surface area contributed by atoms with Crippen LogP contribution in [0.3, 0.4) is 0 Å². The van der Waals surface area contributed by atoms with E-state index >= 15 is 0 Å². The highest BCUT2D eigenvalue weighted by Crippen LogP contribution is 2.28. The average molecular weight is 340 g/mol. The summed E-state index contributed by atoms with van der Waals surface area (Å²) in [5.74, 6) is 0.446. The number of amides is 1. The number of hydrogen-bond acceptors (Lipinski definition) is 1. The largest absolute Gasteiger partial charge is 0.338 e. The lowest BCUT2D eigenvalue weighted by atomic mass is 9.87. The summed E-state index contributed by atoms with van der Waals surface area (Å²) in [5.41, 5.74) is 1.21. The third-order valence-electron chi connectivity index (χ3n) is 3.90. The molecule has 0 bridgehead atoms. The van der Waals surface area contributed by atoms with E-state index in [-0.39, 0.29) is 29.8 Å². The molecule has 0 aliphatic heterocycles. The minimum atomic E-state index is -0.0130. The molecule has 112 valence electrons. The number of hydrogen-bond donors (Lipinski definition) is 0. The zero-order chi connectivity index (χ0) is 15.4. The molecule has 1 aromatic rings. The Bertz CT molecular complexity index is 431. The highest BCUT2D eigenvalue weighted by atomic mass is 79.9. The lowest BCUT2D eigenvalue weighted by Crippen LogP contribution is -2.45. The summed E-state index contributed by atoms with van der Waals surface area (Å²) in [4.78, 5) is 14.7. The predicted molar refractivity (Wildman–Crippen MR) is 88.8 cm³/mol. The van der Waals surface area contributed by atoms with Crippen LogP contribution in [-0.2, 0) is 4.79 Å². The first kappa shape index (κ1) is 17.2. The van der Waals surface area contributed by atoms with Crippen LogP contribution in [0.4, 0.5) is 0 Å². The minimum Gasteiger partial charge on any atom is -0.338 e. The van der Waals surface area contributed by atoms with E-state index in [2.05, 4.69) is 62.7 Å². The molecule has 2 atom stereocenters. The molecule has 0 spiro atoms. The van der Waals surface area contributed by atoms with Gasteiger partial charge in [0.15, 0.2) is 0 Å². The van der Waals surface area contributed by atoms with Crippen molar-refractivity contribution >= 4 is 21.8 Å². The number of halogens is 1. The number of carbonyl (C=O) groups excluding carboxylic acids is 1. The number of nitrogens with zero attached hydrogens (tertiary/aromatic N) is 1. The van der Waals surface area contributed by atoms with Crippen LogP contribution in [0.5, 0.6) is 0 Å². The molecule has 2 nitrogen and oxygen atoms in total. The molecule has 0 fully saturated rings. The van der Waals surface area contributed by atoms with Crippen molar-refractivity contribution < 1.29 is 4.79 Å². The van der Waals surface area contributed by atoms with Gasteiger partial charge in [0, 0.05) is 22.5 Å². The van der Waals surface area contributed by atoms with Crippen molar-refractivity contribution in [2.45, 2.75) is 59.5 Å². The van der Waals surface area contributed by atoms with Crippen LogP contribution >= 0.6 is 15.9 Å². The lowest BCUT2D eigenvalue weighted by molar-refractivity contribution is -0.139. The van der Waals surface area contributed by atoms with Crippen LogP contribution in [0.1, 0.15) is 53.0 Å². The number of benzene rings is 1. The van der Waals surface area contributed by atoms with E-state index in [1.54, 1.807) is 0 Å². The Balaban J connectivity index is 2.89. The standard InChI is InChI=1S/C17H26BrNO/c1-11(2)19(12(3)4)17(20)14(6)13(5)15-7-9-16(18)10-8-15/h7-14H,1-6H3. The van der Waals surface area contributed by atoms with Gasteiger partial charge < -0.3 is 4.90 Å². The van der Waals surface area contributed by atoms with Crippen molar-refractivity contribution in [2.24, 2.45) is 5.92 Å². The zero-order valence-electron chi connectivity index (χ0n) is 13.4. The Hall–Kier alpha value is -0.830. The van der Waals surface area contributed by atoms with E-state index in [0.29, 0.717) is 0 Å². The van der Waals surface area contributed by atoms with Crippen molar-refractivity contribution in [1.29, 1.82) is 0 Å². The van der Waals surface area contributed by atoms with Gasteiger partial charge in [0.05, 0.1) is 0 Å². The predicted octanol–water partition coefficient (Wildman–Crippen LogP) is 4.83. The Kier molecular flexibility index (Phi) is 6.25. The fraction of sp³-hybridized carbons (Fsp3) is 0.588. The van der Waals surface area contributed by atoms with Crippen LogP contribution < -0.4 is 0 Å². The molecule has 1 amide bonds. The SMILES string of the molecule is CC(C(=O)N(C(C)C)C(C)C)C(C)c1ccc(Br)cc1. The fourth-order valence-corrected chi connectivity index (χ4v) is 2.87. The Morgan fingerprint density at radius 3 is 1.80 bits per heavy atom. The van der Waals surface area contributed by atoms with Crippen molar-refractivity contribution in [3.63, 3.8) is 0 Å². The van der Waals surface area contributed by atoms with Gasteiger partial charge in [0.2, 0.25) is 5.91 Å². The molecule has 0 saturated heterocycles. The van der Waals surface area contributed by atoms with E-state index < -0.39 is 0 Å². The summed E-state index contributed by atoms with van der Waals surface area (Å²) in [5, 5.41) is 0. The summed E-state index contributed by atoms with van der Waals surface area (Å²) < 4.78 is 1.07. The van der Waals surface area contributed by atoms with E-state index in [9.17, 15) is 4.79 Å². The molecule has 1 aromatic carbocycles. The Morgan fingerprint density at radius 1 is 0.950 bits per heavy atom. The molecule has 2 unspecified atom stereocenters. The second-order valence-electron chi connectivity index (χ2n) is 6.06. The molecule has 20 heavy (non-hydrogen) atoms. The van der Waals surface area contributed by atoms with Crippen LogP contribution in [0, 0.1) is 5.92 Å². The molecule has 0 aliphatic rings. The lowest BCUT2D eigenvalue weighted by Gasteiger charge is -2.34. The molecule has 0 N–H and O–H groups in total. The van der Waals surface area contributed by atoms with Gasteiger partial charge in [-0.2, -0.15) is 0 Å². The monoisotopic (exact) mass is 339 g/mol. The molecule has 3 heteroatoms. The zero-order valence-corrected chi connectivity index (χ0v) is 14.9. The summed E-state index contributed by atoms with van der Waals surface area (Å²) >= 11 is 3.45. The second kappa shape index (κ2) is 7.26. The Morgan fingerprint density at radius 2 is 1.40 bits per heavy atom. The normalized spacial score (nSPS) is 14.4. The Labute approximate surface area is 131 Å². The quantitative estimate of drug-likeness (QED) is 0.751. The highest BCUT2D eigenvalue weighted by molar-refractivity contribution is 9.10. The third-order valence-corrected chi connectivity index (χ3v) is 4.43. The molecule has 0 saturated carbocycles. The molecule has 0 radical (unpaired) electrons. The molecular weight excluding hydrogens is 314 g/mol. The minimum absolute atomic E-state index is 0.0130. The molecule has 0 heterocycles.